The SMILES string of the molecule is Cc1nc(NN)[nH]c(=O)c1CCO. The third-order valence-corrected chi connectivity index (χ3v) is 1.72. The van der Waals surface area contributed by atoms with Crippen LogP contribution in [-0.2, 0) is 6.42 Å². The summed E-state index contributed by atoms with van der Waals surface area (Å²) in [6.45, 7) is 1.63. The topological polar surface area (TPSA) is 104 Å². The van der Waals surface area contributed by atoms with Crippen molar-refractivity contribution in [2.75, 3.05) is 12.0 Å². The third-order valence-electron chi connectivity index (χ3n) is 1.72. The zero-order chi connectivity index (χ0) is 9.84. The number of H-pyrrole nitrogens is 1. The molecular formula is C7H12N4O2. The molecule has 0 radical (unpaired) electrons. The number of aromatic amines is 1. The van der Waals surface area contributed by atoms with Crippen molar-refractivity contribution in [2.45, 2.75) is 13.3 Å². The Balaban J connectivity index is 3.15. The van der Waals surface area contributed by atoms with Crippen molar-refractivity contribution in [2.24, 2.45) is 5.84 Å². The summed E-state index contributed by atoms with van der Waals surface area (Å²) in [5.74, 6) is 5.31. The van der Waals surface area contributed by atoms with Gasteiger partial charge in [-0.1, -0.05) is 0 Å². The second kappa shape index (κ2) is 4.01. The lowest BCUT2D eigenvalue weighted by Gasteiger charge is -2.04. The molecule has 0 amide bonds. The van der Waals surface area contributed by atoms with Gasteiger partial charge in [-0.05, 0) is 6.92 Å². The lowest BCUT2D eigenvalue weighted by atomic mass is 10.2. The molecule has 6 nitrogen and oxygen atoms in total. The zero-order valence-corrected chi connectivity index (χ0v) is 7.29. The number of nitrogens with one attached hydrogen (secondary N) is 2. The number of aryl methyl sites for hydroxylation is 1. The monoisotopic (exact) mass is 184 g/mol. The summed E-state index contributed by atoms with van der Waals surface area (Å²) >= 11 is 0. The van der Waals surface area contributed by atoms with Gasteiger partial charge in [0.2, 0.25) is 5.95 Å². The Morgan fingerprint density at radius 1 is 1.69 bits per heavy atom. The fraction of sp³-hybridized carbons (Fsp3) is 0.429. The summed E-state index contributed by atoms with van der Waals surface area (Å²) in [7, 11) is 0. The first-order valence-corrected chi connectivity index (χ1v) is 3.86. The number of hydrogen-bond acceptors (Lipinski definition) is 5. The van der Waals surface area contributed by atoms with Crippen molar-refractivity contribution in [1.29, 1.82) is 0 Å². The number of aromatic nitrogens is 2. The van der Waals surface area contributed by atoms with Crippen LogP contribution in [0, 0.1) is 6.92 Å². The molecule has 1 aromatic heterocycles. The van der Waals surface area contributed by atoms with Crippen LogP contribution in [0.3, 0.4) is 0 Å². The summed E-state index contributed by atoms with van der Waals surface area (Å²) in [5.41, 5.74) is 3.04. The van der Waals surface area contributed by atoms with Crippen molar-refractivity contribution in [3.05, 3.63) is 21.6 Å². The average Bonchev–Trinajstić information content (AvgIpc) is 2.11. The Bertz CT molecular complexity index is 347. The van der Waals surface area contributed by atoms with E-state index in [0.29, 0.717) is 17.7 Å². The molecule has 0 saturated heterocycles. The van der Waals surface area contributed by atoms with Gasteiger partial charge in [0.25, 0.3) is 5.56 Å². The Hall–Kier alpha value is -1.40. The van der Waals surface area contributed by atoms with Crippen LogP contribution in [0.5, 0.6) is 0 Å². The van der Waals surface area contributed by atoms with Crippen molar-refractivity contribution in [3.63, 3.8) is 0 Å². The fourth-order valence-corrected chi connectivity index (χ4v) is 1.09. The first-order chi connectivity index (χ1) is 6.19. The van der Waals surface area contributed by atoms with Gasteiger partial charge in [0, 0.05) is 18.6 Å². The first-order valence-electron chi connectivity index (χ1n) is 3.86. The van der Waals surface area contributed by atoms with E-state index in [1.165, 1.54) is 0 Å². The predicted molar refractivity (Wildman–Crippen MR) is 48.2 cm³/mol. The number of anilines is 1. The van der Waals surface area contributed by atoms with E-state index < -0.39 is 0 Å². The molecule has 1 aromatic rings. The molecule has 5 N–H and O–H groups in total. The van der Waals surface area contributed by atoms with E-state index in [0.717, 1.165) is 0 Å². The van der Waals surface area contributed by atoms with Gasteiger partial charge in [-0.25, -0.2) is 10.8 Å². The van der Waals surface area contributed by atoms with Crippen molar-refractivity contribution in [1.82, 2.24) is 9.97 Å². The maximum atomic E-state index is 11.3. The van der Waals surface area contributed by atoms with E-state index in [1.54, 1.807) is 6.92 Å². The Morgan fingerprint density at radius 2 is 2.38 bits per heavy atom. The quantitative estimate of drug-likeness (QED) is 0.352. The molecule has 0 aliphatic rings. The van der Waals surface area contributed by atoms with E-state index in [2.05, 4.69) is 15.4 Å². The van der Waals surface area contributed by atoms with Gasteiger partial charge < -0.3 is 5.11 Å². The minimum atomic E-state index is -0.269. The number of hydrazine groups is 1. The van der Waals surface area contributed by atoms with E-state index >= 15 is 0 Å². The minimum Gasteiger partial charge on any atom is -0.396 e. The molecule has 0 fully saturated rings. The van der Waals surface area contributed by atoms with Gasteiger partial charge in [-0.3, -0.25) is 15.2 Å². The predicted octanol–water partition coefficient (Wildman–Crippen LogP) is -1.10. The number of aliphatic hydroxyl groups excluding tert-OH is 1. The number of nitrogens with zero attached hydrogens (tertiary/aromatic N) is 1. The maximum absolute atomic E-state index is 11.3. The number of aliphatic hydroxyl groups is 1. The fourth-order valence-electron chi connectivity index (χ4n) is 1.09. The van der Waals surface area contributed by atoms with Crippen LogP contribution in [0.4, 0.5) is 5.95 Å². The lowest BCUT2D eigenvalue weighted by molar-refractivity contribution is 0.298. The van der Waals surface area contributed by atoms with Crippen LogP contribution >= 0.6 is 0 Å². The lowest BCUT2D eigenvalue weighted by Crippen LogP contribution is -2.22. The highest BCUT2D eigenvalue weighted by Crippen LogP contribution is 2.01. The van der Waals surface area contributed by atoms with E-state index in [4.69, 9.17) is 10.9 Å². The minimum absolute atomic E-state index is 0.0685. The number of nitrogens with two attached hydrogens (primary N) is 1. The number of nitrogen functional groups attached to an aromatic ring is 1. The third kappa shape index (κ3) is 2.04. The number of hydrogen-bond donors (Lipinski definition) is 4. The first kappa shape index (κ1) is 9.69. The highest BCUT2D eigenvalue weighted by atomic mass is 16.3. The molecule has 0 saturated carbocycles. The van der Waals surface area contributed by atoms with Gasteiger partial charge >= 0.3 is 0 Å². The molecular weight excluding hydrogens is 172 g/mol. The smallest absolute Gasteiger partial charge is 0.255 e. The van der Waals surface area contributed by atoms with Crippen LogP contribution in [-0.4, -0.2) is 21.7 Å². The molecule has 1 heterocycles. The van der Waals surface area contributed by atoms with Crippen LogP contribution in [0.2, 0.25) is 0 Å². The molecule has 0 bridgehead atoms. The largest absolute Gasteiger partial charge is 0.396 e. The molecule has 1 rings (SSSR count). The highest BCUT2D eigenvalue weighted by Gasteiger charge is 2.06. The van der Waals surface area contributed by atoms with Gasteiger partial charge in [0.05, 0.1) is 5.69 Å². The average molecular weight is 184 g/mol. The Labute approximate surface area is 74.8 Å². The maximum Gasteiger partial charge on any atom is 0.255 e. The molecule has 0 unspecified atom stereocenters. The number of rotatable bonds is 3. The van der Waals surface area contributed by atoms with Crippen molar-refractivity contribution >= 4 is 5.95 Å². The van der Waals surface area contributed by atoms with Gasteiger partial charge in [-0.15, -0.1) is 0 Å². The molecule has 0 aromatic carbocycles. The van der Waals surface area contributed by atoms with Crippen molar-refractivity contribution < 1.29 is 5.11 Å². The van der Waals surface area contributed by atoms with Crippen LogP contribution in [0.25, 0.3) is 0 Å². The normalized spacial score (nSPS) is 10.1. The summed E-state index contributed by atoms with van der Waals surface area (Å²) in [6, 6.07) is 0. The Kier molecular flexibility index (Phi) is 2.99. The highest BCUT2D eigenvalue weighted by molar-refractivity contribution is 5.27. The molecule has 0 spiro atoms. The molecule has 13 heavy (non-hydrogen) atoms. The molecule has 0 atom stereocenters. The zero-order valence-electron chi connectivity index (χ0n) is 7.29. The molecule has 0 aliphatic carbocycles. The molecule has 6 heteroatoms. The van der Waals surface area contributed by atoms with E-state index in [1.807, 2.05) is 0 Å². The molecule has 0 aliphatic heterocycles. The van der Waals surface area contributed by atoms with E-state index in [-0.39, 0.29) is 18.1 Å². The standard InChI is InChI=1S/C7H12N4O2/c1-4-5(2-3-12)6(13)10-7(9-4)11-8/h12H,2-3,8H2,1H3,(H2,9,10,11,13). The van der Waals surface area contributed by atoms with Crippen LogP contribution in [0.1, 0.15) is 11.3 Å². The van der Waals surface area contributed by atoms with Crippen LogP contribution < -0.4 is 16.8 Å². The summed E-state index contributed by atoms with van der Waals surface area (Å²) in [4.78, 5) is 17.7. The van der Waals surface area contributed by atoms with Gasteiger partial charge in [0.15, 0.2) is 0 Å². The van der Waals surface area contributed by atoms with Gasteiger partial charge in [-0.2, -0.15) is 0 Å². The summed E-state index contributed by atoms with van der Waals surface area (Å²) in [5, 5.41) is 8.67. The van der Waals surface area contributed by atoms with E-state index in [9.17, 15) is 4.79 Å². The second-order valence-electron chi connectivity index (χ2n) is 2.60. The van der Waals surface area contributed by atoms with Gasteiger partial charge in [0.1, 0.15) is 0 Å². The Morgan fingerprint density at radius 3 is 2.85 bits per heavy atom. The van der Waals surface area contributed by atoms with Crippen LogP contribution in [0.15, 0.2) is 4.79 Å². The summed E-state index contributed by atoms with van der Waals surface area (Å²) < 4.78 is 0. The summed E-state index contributed by atoms with van der Waals surface area (Å²) in [6.07, 6.45) is 0.305. The second-order valence-corrected chi connectivity index (χ2v) is 2.60. The van der Waals surface area contributed by atoms with Crippen molar-refractivity contribution in [3.8, 4) is 0 Å². The molecule has 72 valence electrons.